The molecule has 0 atom stereocenters. The molecule has 3 aromatic rings. The van der Waals surface area contributed by atoms with Crippen molar-refractivity contribution in [2.24, 2.45) is 0 Å². The molecule has 0 fully saturated rings. The van der Waals surface area contributed by atoms with Crippen molar-refractivity contribution in [1.29, 1.82) is 0 Å². The van der Waals surface area contributed by atoms with Crippen LogP contribution in [0.4, 0.5) is 5.69 Å². The van der Waals surface area contributed by atoms with Crippen molar-refractivity contribution in [2.75, 3.05) is 11.8 Å². The number of esters is 1. The van der Waals surface area contributed by atoms with Crippen LogP contribution < -0.4 is 4.72 Å². The topological polar surface area (TPSA) is 106 Å². The summed E-state index contributed by atoms with van der Waals surface area (Å²) in [6, 6.07) is 13.8. The number of phenolic OH excluding ortho intramolecular Hbond substituents is 1. The first-order valence-corrected chi connectivity index (χ1v) is 9.33. The van der Waals surface area contributed by atoms with E-state index in [1.54, 1.807) is 42.7 Å². The molecule has 0 aliphatic heterocycles. The SMILES string of the molecule is COC(=O)c1ccc(NS(=O)(=O)c2cccc(-c3ccncc3)c2)cc1O. The van der Waals surface area contributed by atoms with Gasteiger partial charge in [-0.25, -0.2) is 13.2 Å². The third-order valence-corrected chi connectivity index (χ3v) is 5.19. The van der Waals surface area contributed by atoms with Crippen LogP contribution in [0.1, 0.15) is 10.4 Å². The molecule has 8 heteroatoms. The van der Waals surface area contributed by atoms with Crippen molar-refractivity contribution in [2.45, 2.75) is 4.90 Å². The van der Waals surface area contributed by atoms with Gasteiger partial charge in [0, 0.05) is 18.5 Å². The van der Waals surface area contributed by atoms with Crippen LogP contribution >= 0.6 is 0 Å². The summed E-state index contributed by atoms with van der Waals surface area (Å²) >= 11 is 0. The van der Waals surface area contributed by atoms with Crippen molar-refractivity contribution in [3.63, 3.8) is 0 Å². The number of nitrogens with zero attached hydrogens (tertiary/aromatic N) is 1. The molecule has 2 aromatic carbocycles. The van der Waals surface area contributed by atoms with Crippen LogP contribution in [0.5, 0.6) is 5.75 Å². The number of pyridine rings is 1. The Morgan fingerprint density at radius 2 is 1.78 bits per heavy atom. The lowest BCUT2D eigenvalue weighted by molar-refractivity contribution is 0.0597. The van der Waals surface area contributed by atoms with Crippen LogP contribution in [-0.4, -0.2) is 31.6 Å². The average molecular weight is 384 g/mol. The second-order valence-corrected chi connectivity index (χ2v) is 7.28. The molecule has 0 aliphatic rings. The Balaban J connectivity index is 1.89. The Morgan fingerprint density at radius 1 is 1.04 bits per heavy atom. The highest BCUT2D eigenvalue weighted by Gasteiger charge is 2.17. The Morgan fingerprint density at radius 3 is 2.44 bits per heavy atom. The number of nitrogens with one attached hydrogen (secondary N) is 1. The van der Waals surface area contributed by atoms with Gasteiger partial charge in [0.15, 0.2) is 0 Å². The maximum absolute atomic E-state index is 12.7. The standard InChI is InChI=1S/C19H16N2O5S/c1-26-19(23)17-6-5-15(12-18(17)22)21-27(24,25)16-4-2-3-14(11-16)13-7-9-20-10-8-13/h2-12,21-22H,1H3. The molecule has 138 valence electrons. The molecular formula is C19H16N2O5S. The van der Waals surface area contributed by atoms with Gasteiger partial charge in [0.2, 0.25) is 0 Å². The summed E-state index contributed by atoms with van der Waals surface area (Å²) < 4.78 is 32.3. The maximum atomic E-state index is 12.7. The number of methoxy groups -OCH3 is 1. The highest BCUT2D eigenvalue weighted by molar-refractivity contribution is 7.92. The van der Waals surface area contributed by atoms with Crippen molar-refractivity contribution in [1.82, 2.24) is 4.98 Å². The van der Waals surface area contributed by atoms with Gasteiger partial charge in [0.1, 0.15) is 11.3 Å². The number of carbonyl (C=O) groups is 1. The lowest BCUT2D eigenvalue weighted by atomic mass is 10.1. The predicted octanol–water partition coefficient (Wildman–Crippen LogP) is 3.04. The molecule has 0 aliphatic carbocycles. The maximum Gasteiger partial charge on any atom is 0.341 e. The number of benzene rings is 2. The predicted molar refractivity (Wildman–Crippen MR) is 99.9 cm³/mol. The number of hydrogen-bond acceptors (Lipinski definition) is 6. The third-order valence-electron chi connectivity index (χ3n) is 3.81. The van der Waals surface area contributed by atoms with E-state index >= 15 is 0 Å². The van der Waals surface area contributed by atoms with Gasteiger partial charge in [0.05, 0.1) is 17.7 Å². The summed E-state index contributed by atoms with van der Waals surface area (Å²) in [6.45, 7) is 0. The number of anilines is 1. The molecule has 0 unspecified atom stereocenters. The summed E-state index contributed by atoms with van der Waals surface area (Å²) in [7, 11) is -2.70. The van der Waals surface area contributed by atoms with Gasteiger partial charge in [0.25, 0.3) is 10.0 Å². The van der Waals surface area contributed by atoms with Crippen LogP contribution in [0.15, 0.2) is 71.9 Å². The first-order valence-electron chi connectivity index (χ1n) is 7.85. The highest BCUT2D eigenvalue weighted by atomic mass is 32.2. The molecule has 1 heterocycles. The molecule has 2 N–H and O–H groups in total. The zero-order valence-corrected chi connectivity index (χ0v) is 15.1. The van der Waals surface area contributed by atoms with Crippen molar-refractivity contribution >= 4 is 21.7 Å². The molecule has 27 heavy (non-hydrogen) atoms. The second-order valence-electron chi connectivity index (χ2n) is 5.59. The molecule has 0 bridgehead atoms. The van der Waals surface area contributed by atoms with Crippen LogP contribution in [0.25, 0.3) is 11.1 Å². The minimum Gasteiger partial charge on any atom is -0.507 e. The lowest BCUT2D eigenvalue weighted by Gasteiger charge is -2.11. The van der Waals surface area contributed by atoms with Crippen LogP contribution in [0.3, 0.4) is 0 Å². The van der Waals surface area contributed by atoms with Crippen molar-refractivity contribution in [3.05, 3.63) is 72.6 Å². The van der Waals surface area contributed by atoms with E-state index in [2.05, 4.69) is 14.4 Å². The Labute approximate surface area is 156 Å². The summed E-state index contributed by atoms with van der Waals surface area (Å²) in [6.07, 6.45) is 3.25. The molecule has 3 rings (SSSR count). The molecule has 0 spiro atoms. The van der Waals surface area contributed by atoms with Gasteiger partial charge in [-0.2, -0.15) is 0 Å². The monoisotopic (exact) mass is 384 g/mol. The lowest BCUT2D eigenvalue weighted by Crippen LogP contribution is -2.13. The number of sulfonamides is 1. The molecule has 0 saturated heterocycles. The Bertz CT molecular complexity index is 1080. The number of rotatable bonds is 5. The molecular weight excluding hydrogens is 368 g/mol. The Hall–Kier alpha value is -3.39. The zero-order valence-electron chi connectivity index (χ0n) is 14.3. The van der Waals surface area contributed by atoms with Gasteiger partial charge in [-0.15, -0.1) is 0 Å². The largest absolute Gasteiger partial charge is 0.507 e. The Kier molecular flexibility index (Phi) is 5.09. The fourth-order valence-electron chi connectivity index (χ4n) is 2.48. The van der Waals surface area contributed by atoms with Gasteiger partial charge >= 0.3 is 5.97 Å². The van der Waals surface area contributed by atoms with E-state index in [9.17, 15) is 18.3 Å². The van der Waals surface area contributed by atoms with E-state index < -0.39 is 16.0 Å². The number of aromatic nitrogens is 1. The fraction of sp³-hybridized carbons (Fsp3) is 0.0526. The average Bonchev–Trinajstić information content (AvgIpc) is 2.68. The van der Waals surface area contributed by atoms with Gasteiger partial charge in [-0.1, -0.05) is 12.1 Å². The minimum atomic E-state index is -3.89. The first-order chi connectivity index (χ1) is 12.9. The van der Waals surface area contributed by atoms with E-state index in [1.807, 2.05) is 0 Å². The summed E-state index contributed by atoms with van der Waals surface area (Å²) in [5.41, 5.74) is 1.63. The quantitative estimate of drug-likeness (QED) is 0.655. The van der Waals surface area contributed by atoms with Crippen LogP contribution in [-0.2, 0) is 14.8 Å². The summed E-state index contributed by atoms with van der Waals surface area (Å²) in [4.78, 5) is 15.5. The molecule has 0 radical (unpaired) electrons. The summed E-state index contributed by atoms with van der Waals surface area (Å²) in [5.74, 6) is -1.10. The van der Waals surface area contributed by atoms with Crippen LogP contribution in [0.2, 0.25) is 0 Å². The summed E-state index contributed by atoms with van der Waals surface area (Å²) in [5, 5.41) is 9.91. The highest BCUT2D eigenvalue weighted by Crippen LogP contribution is 2.26. The smallest absolute Gasteiger partial charge is 0.341 e. The van der Waals surface area contributed by atoms with E-state index in [0.717, 1.165) is 17.2 Å². The third kappa shape index (κ3) is 4.06. The van der Waals surface area contributed by atoms with E-state index in [1.165, 1.54) is 25.3 Å². The number of aromatic hydroxyl groups is 1. The number of ether oxygens (including phenoxy) is 1. The number of hydrogen-bond donors (Lipinski definition) is 2. The zero-order chi connectivity index (χ0) is 19.4. The normalized spacial score (nSPS) is 11.0. The van der Waals surface area contributed by atoms with Crippen molar-refractivity contribution < 1.29 is 23.1 Å². The molecule has 1 aromatic heterocycles. The van der Waals surface area contributed by atoms with Gasteiger partial charge < -0.3 is 9.84 Å². The van der Waals surface area contributed by atoms with E-state index in [0.29, 0.717) is 0 Å². The second kappa shape index (κ2) is 7.46. The fourth-order valence-corrected chi connectivity index (χ4v) is 3.57. The molecule has 7 nitrogen and oxygen atoms in total. The minimum absolute atomic E-state index is 0.0554. The first kappa shape index (κ1) is 18.4. The number of carbonyl (C=O) groups excluding carboxylic acids is 1. The number of phenols is 1. The van der Waals surface area contributed by atoms with Gasteiger partial charge in [-0.3, -0.25) is 9.71 Å². The van der Waals surface area contributed by atoms with Gasteiger partial charge in [-0.05, 0) is 47.5 Å². The molecule has 0 amide bonds. The molecule has 0 saturated carbocycles. The van der Waals surface area contributed by atoms with E-state index in [-0.39, 0.29) is 21.9 Å². The van der Waals surface area contributed by atoms with Crippen molar-refractivity contribution in [3.8, 4) is 16.9 Å². The van der Waals surface area contributed by atoms with E-state index in [4.69, 9.17) is 0 Å². The van der Waals surface area contributed by atoms with Crippen LogP contribution in [0, 0.1) is 0 Å².